The zero-order chi connectivity index (χ0) is 13.4. The van der Waals surface area contributed by atoms with Gasteiger partial charge in [-0.25, -0.2) is 0 Å². The first kappa shape index (κ1) is 14.4. The minimum absolute atomic E-state index is 0.126. The van der Waals surface area contributed by atoms with Crippen molar-refractivity contribution in [2.75, 3.05) is 13.7 Å². The number of carbonyl (C=O) groups is 1. The molecule has 0 unspecified atom stereocenters. The zero-order valence-corrected chi connectivity index (χ0v) is 10.9. The monoisotopic (exact) mass is 252 g/mol. The smallest absolute Gasteiger partial charge is 0.303 e. The first-order chi connectivity index (χ1) is 8.67. The standard InChI is InChI=1S/C14H20O4/c1-3-4-9-18-13-10-11(6-8-14(15)16)5-7-12(13)17-2/h5,7,10H,3-4,6,8-9H2,1-2H3,(H,15,16). The van der Waals surface area contributed by atoms with E-state index < -0.39 is 5.97 Å². The van der Waals surface area contributed by atoms with E-state index in [4.69, 9.17) is 14.6 Å². The number of benzene rings is 1. The average molecular weight is 252 g/mol. The topological polar surface area (TPSA) is 55.8 Å². The summed E-state index contributed by atoms with van der Waals surface area (Å²) >= 11 is 0. The highest BCUT2D eigenvalue weighted by Gasteiger charge is 2.07. The molecular formula is C14H20O4. The molecule has 1 aromatic rings. The highest BCUT2D eigenvalue weighted by atomic mass is 16.5. The predicted molar refractivity (Wildman–Crippen MR) is 69.4 cm³/mol. The van der Waals surface area contributed by atoms with E-state index in [1.807, 2.05) is 18.2 Å². The summed E-state index contributed by atoms with van der Waals surface area (Å²) in [5, 5.41) is 8.66. The van der Waals surface area contributed by atoms with Crippen molar-refractivity contribution in [3.8, 4) is 11.5 Å². The second kappa shape index (κ2) is 7.58. The normalized spacial score (nSPS) is 10.1. The van der Waals surface area contributed by atoms with E-state index >= 15 is 0 Å². The fourth-order valence-electron chi connectivity index (χ4n) is 1.57. The summed E-state index contributed by atoms with van der Waals surface area (Å²) in [5.74, 6) is 0.582. The number of ether oxygens (including phenoxy) is 2. The second-order valence-electron chi connectivity index (χ2n) is 4.08. The fourth-order valence-corrected chi connectivity index (χ4v) is 1.57. The molecule has 0 aliphatic rings. The van der Waals surface area contributed by atoms with E-state index in [2.05, 4.69) is 6.92 Å². The second-order valence-corrected chi connectivity index (χ2v) is 4.08. The number of hydrogen-bond acceptors (Lipinski definition) is 3. The fraction of sp³-hybridized carbons (Fsp3) is 0.500. The van der Waals surface area contributed by atoms with Gasteiger partial charge in [-0.15, -0.1) is 0 Å². The maximum absolute atomic E-state index is 10.5. The third-order valence-electron chi connectivity index (χ3n) is 2.61. The molecule has 0 spiro atoms. The Morgan fingerprint density at radius 3 is 2.72 bits per heavy atom. The Balaban J connectivity index is 2.70. The van der Waals surface area contributed by atoms with Gasteiger partial charge in [0.15, 0.2) is 11.5 Å². The Labute approximate surface area is 108 Å². The summed E-state index contributed by atoms with van der Waals surface area (Å²) in [6.45, 7) is 2.75. The van der Waals surface area contributed by atoms with E-state index in [0.29, 0.717) is 24.5 Å². The molecule has 1 N–H and O–H groups in total. The van der Waals surface area contributed by atoms with Crippen molar-refractivity contribution in [2.45, 2.75) is 32.6 Å². The molecule has 1 aromatic carbocycles. The van der Waals surface area contributed by atoms with Gasteiger partial charge in [0.1, 0.15) is 0 Å². The van der Waals surface area contributed by atoms with Crippen LogP contribution in [0.2, 0.25) is 0 Å². The van der Waals surface area contributed by atoms with Crippen molar-refractivity contribution in [1.29, 1.82) is 0 Å². The van der Waals surface area contributed by atoms with Crippen LogP contribution in [-0.2, 0) is 11.2 Å². The summed E-state index contributed by atoms with van der Waals surface area (Å²) in [4.78, 5) is 10.5. The highest BCUT2D eigenvalue weighted by Crippen LogP contribution is 2.28. The maximum Gasteiger partial charge on any atom is 0.303 e. The van der Waals surface area contributed by atoms with Gasteiger partial charge in [0.2, 0.25) is 0 Å². The van der Waals surface area contributed by atoms with Gasteiger partial charge in [0, 0.05) is 6.42 Å². The molecule has 100 valence electrons. The van der Waals surface area contributed by atoms with E-state index in [1.54, 1.807) is 7.11 Å². The summed E-state index contributed by atoms with van der Waals surface area (Å²) in [7, 11) is 1.60. The average Bonchev–Trinajstić information content (AvgIpc) is 2.37. The molecule has 0 saturated heterocycles. The molecule has 0 aliphatic heterocycles. The van der Waals surface area contributed by atoms with Gasteiger partial charge in [0.05, 0.1) is 13.7 Å². The molecule has 0 radical (unpaired) electrons. The number of carboxylic acid groups (broad SMARTS) is 1. The predicted octanol–water partition coefficient (Wildman–Crippen LogP) is 2.89. The zero-order valence-electron chi connectivity index (χ0n) is 10.9. The molecular weight excluding hydrogens is 232 g/mol. The molecule has 0 atom stereocenters. The van der Waals surface area contributed by atoms with Gasteiger partial charge in [0.25, 0.3) is 0 Å². The molecule has 4 nitrogen and oxygen atoms in total. The molecule has 0 fully saturated rings. The summed E-state index contributed by atoms with van der Waals surface area (Å²) < 4.78 is 10.9. The SMILES string of the molecule is CCCCOc1cc(CCC(=O)O)ccc1OC. The number of methoxy groups -OCH3 is 1. The number of hydrogen-bond donors (Lipinski definition) is 1. The lowest BCUT2D eigenvalue weighted by molar-refractivity contribution is -0.136. The van der Waals surface area contributed by atoms with Gasteiger partial charge >= 0.3 is 5.97 Å². The highest BCUT2D eigenvalue weighted by molar-refractivity contribution is 5.67. The summed E-state index contributed by atoms with van der Waals surface area (Å²) in [6.07, 6.45) is 2.69. The van der Waals surface area contributed by atoms with Crippen LogP contribution in [-0.4, -0.2) is 24.8 Å². The molecule has 0 saturated carbocycles. The Bertz CT molecular complexity index is 387. The van der Waals surface area contributed by atoms with E-state index in [-0.39, 0.29) is 6.42 Å². The maximum atomic E-state index is 10.5. The number of unbranched alkanes of at least 4 members (excludes halogenated alkanes) is 1. The molecule has 0 aliphatic carbocycles. The van der Waals surface area contributed by atoms with Crippen LogP contribution >= 0.6 is 0 Å². The van der Waals surface area contributed by atoms with Crippen LogP contribution in [0.25, 0.3) is 0 Å². The van der Waals surface area contributed by atoms with Crippen molar-refractivity contribution >= 4 is 5.97 Å². The van der Waals surface area contributed by atoms with Crippen molar-refractivity contribution in [2.24, 2.45) is 0 Å². The summed E-state index contributed by atoms with van der Waals surface area (Å²) in [6, 6.07) is 5.55. The van der Waals surface area contributed by atoms with E-state index in [1.165, 1.54) is 0 Å². The van der Waals surface area contributed by atoms with Crippen molar-refractivity contribution < 1.29 is 19.4 Å². The first-order valence-electron chi connectivity index (χ1n) is 6.19. The van der Waals surface area contributed by atoms with Crippen LogP contribution in [0.1, 0.15) is 31.7 Å². The Morgan fingerprint density at radius 2 is 2.11 bits per heavy atom. The summed E-state index contributed by atoms with van der Waals surface area (Å²) in [5.41, 5.74) is 0.949. The lowest BCUT2D eigenvalue weighted by Gasteiger charge is -2.11. The van der Waals surface area contributed by atoms with Crippen LogP contribution in [0.4, 0.5) is 0 Å². The minimum atomic E-state index is -0.792. The number of rotatable bonds is 8. The van der Waals surface area contributed by atoms with Gasteiger partial charge in [-0.05, 0) is 30.5 Å². The van der Waals surface area contributed by atoms with E-state index in [9.17, 15) is 4.79 Å². The number of aliphatic carboxylic acids is 1. The molecule has 4 heteroatoms. The lowest BCUT2D eigenvalue weighted by atomic mass is 10.1. The van der Waals surface area contributed by atoms with Gasteiger partial charge in [-0.2, -0.15) is 0 Å². The minimum Gasteiger partial charge on any atom is -0.493 e. The van der Waals surface area contributed by atoms with Crippen LogP contribution in [0, 0.1) is 0 Å². The lowest BCUT2D eigenvalue weighted by Crippen LogP contribution is -2.01. The van der Waals surface area contributed by atoms with Crippen molar-refractivity contribution in [3.05, 3.63) is 23.8 Å². The Hall–Kier alpha value is -1.71. The molecule has 0 heterocycles. The van der Waals surface area contributed by atoms with Gasteiger partial charge in [-0.1, -0.05) is 19.4 Å². The van der Waals surface area contributed by atoms with Crippen LogP contribution < -0.4 is 9.47 Å². The third-order valence-corrected chi connectivity index (χ3v) is 2.61. The number of carboxylic acids is 1. The van der Waals surface area contributed by atoms with Crippen LogP contribution in [0.15, 0.2) is 18.2 Å². The van der Waals surface area contributed by atoms with Crippen molar-refractivity contribution in [1.82, 2.24) is 0 Å². The van der Waals surface area contributed by atoms with Crippen molar-refractivity contribution in [3.63, 3.8) is 0 Å². The number of aryl methyl sites for hydroxylation is 1. The first-order valence-corrected chi connectivity index (χ1v) is 6.19. The Morgan fingerprint density at radius 1 is 1.33 bits per heavy atom. The van der Waals surface area contributed by atoms with Crippen LogP contribution in [0.3, 0.4) is 0 Å². The molecule has 0 aromatic heterocycles. The quantitative estimate of drug-likeness (QED) is 0.723. The van der Waals surface area contributed by atoms with Crippen LogP contribution in [0.5, 0.6) is 11.5 Å². The Kier molecular flexibility index (Phi) is 6.05. The van der Waals surface area contributed by atoms with Gasteiger partial charge < -0.3 is 14.6 Å². The molecule has 0 amide bonds. The largest absolute Gasteiger partial charge is 0.493 e. The molecule has 0 bridgehead atoms. The third kappa shape index (κ3) is 4.65. The van der Waals surface area contributed by atoms with E-state index in [0.717, 1.165) is 18.4 Å². The molecule has 18 heavy (non-hydrogen) atoms. The molecule has 1 rings (SSSR count). The van der Waals surface area contributed by atoms with Gasteiger partial charge in [-0.3, -0.25) is 4.79 Å².